The molecule has 0 fully saturated rings. The maximum atomic E-state index is 12.7. The lowest BCUT2D eigenvalue weighted by molar-refractivity contribution is 0.0429. The summed E-state index contributed by atoms with van der Waals surface area (Å²) in [5.41, 5.74) is 0.768. The van der Waals surface area contributed by atoms with Crippen LogP contribution in [0.5, 0.6) is 5.75 Å². The number of benzene rings is 2. The molecule has 3 rings (SSSR count). The van der Waals surface area contributed by atoms with Crippen LogP contribution >= 0.6 is 0 Å². The van der Waals surface area contributed by atoms with Crippen molar-refractivity contribution in [1.29, 1.82) is 0 Å². The highest BCUT2D eigenvalue weighted by Gasteiger charge is 2.23. The van der Waals surface area contributed by atoms with Gasteiger partial charge in [0.1, 0.15) is 5.75 Å². The zero-order valence-corrected chi connectivity index (χ0v) is 19.0. The van der Waals surface area contributed by atoms with Crippen molar-refractivity contribution in [2.75, 3.05) is 19.7 Å². The van der Waals surface area contributed by atoms with Crippen LogP contribution in [0.1, 0.15) is 37.0 Å². The maximum absolute atomic E-state index is 12.7. The van der Waals surface area contributed by atoms with Crippen LogP contribution in [0.15, 0.2) is 57.9 Å². The molecule has 10 heteroatoms. The molecule has 2 aromatic carbocycles. The van der Waals surface area contributed by atoms with E-state index < -0.39 is 16.0 Å². The van der Waals surface area contributed by atoms with Crippen molar-refractivity contribution in [3.8, 4) is 17.1 Å². The number of hydrogen-bond acceptors (Lipinski definition) is 8. The third-order valence-electron chi connectivity index (χ3n) is 4.64. The highest BCUT2D eigenvalue weighted by atomic mass is 32.2. The van der Waals surface area contributed by atoms with E-state index in [0.717, 1.165) is 0 Å². The maximum Gasteiger partial charge on any atom is 0.338 e. The van der Waals surface area contributed by atoms with Crippen molar-refractivity contribution in [2.45, 2.75) is 32.3 Å². The Balaban J connectivity index is 1.71. The molecule has 9 nitrogen and oxygen atoms in total. The summed E-state index contributed by atoms with van der Waals surface area (Å²) in [7, 11) is -3.69. The number of ether oxygens (including phenoxy) is 2. The van der Waals surface area contributed by atoms with Gasteiger partial charge in [0.2, 0.25) is 15.8 Å². The molecule has 170 valence electrons. The molecule has 0 saturated heterocycles. The molecule has 32 heavy (non-hydrogen) atoms. The number of para-hydroxylation sites is 1. The van der Waals surface area contributed by atoms with E-state index in [4.69, 9.17) is 14.0 Å². The summed E-state index contributed by atoms with van der Waals surface area (Å²) >= 11 is 0. The predicted octanol–water partition coefficient (Wildman–Crippen LogP) is 3.52. The van der Waals surface area contributed by atoms with Crippen LogP contribution in [-0.4, -0.2) is 48.5 Å². The fourth-order valence-electron chi connectivity index (χ4n) is 3.06. The molecule has 0 radical (unpaired) electrons. The average molecular weight is 460 g/mol. The van der Waals surface area contributed by atoms with E-state index in [-0.39, 0.29) is 23.0 Å². The number of sulfonamides is 1. The summed E-state index contributed by atoms with van der Waals surface area (Å²) in [6, 6.07) is 13.0. The fraction of sp³-hybridized carbons (Fsp3) is 0.318. The SMILES string of the molecule is CCOc1ccccc1-c1noc(COC(=O)c2cccc(S(=O)(=O)N(CC)CC)c2)n1. The molecular formula is C22H25N3O6S. The molecule has 3 aromatic rings. The van der Waals surface area contributed by atoms with Crippen molar-refractivity contribution in [3.05, 3.63) is 60.0 Å². The lowest BCUT2D eigenvalue weighted by atomic mass is 10.2. The molecule has 0 aliphatic heterocycles. The third kappa shape index (κ3) is 5.14. The van der Waals surface area contributed by atoms with Gasteiger partial charge in [-0.2, -0.15) is 9.29 Å². The summed E-state index contributed by atoms with van der Waals surface area (Å²) in [5, 5.41) is 3.92. The van der Waals surface area contributed by atoms with Gasteiger partial charge >= 0.3 is 5.97 Å². The Bertz CT molecular complexity index is 1170. The van der Waals surface area contributed by atoms with Gasteiger partial charge < -0.3 is 14.0 Å². The minimum atomic E-state index is -3.69. The Kier molecular flexibility index (Phi) is 7.60. The Morgan fingerprint density at radius 3 is 2.53 bits per heavy atom. The first-order valence-electron chi connectivity index (χ1n) is 10.2. The standard InChI is InChI=1S/C22H25N3O6S/c1-4-25(5-2)32(27,28)17-11-9-10-16(14-17)22(26)30-15-20-23-21(24-31-20)18-12-7-8-13-19(18)29-6-3/h7-14H,4-6,15H2,1-3H3. The first kappa shape index (κ1) is 23.4. The highest BCUT2D eigenvalue weighted by molar-refractivity contribution is 7.89. The Labute approximate surface area is 187 Å². The lowest BCUT2D eigenvalue weighted by Gasteiger charge is -2.18. The second kappa shape index (κ2) is 10.4. The molecule has 0 atom stereocenters. The van der Waals surface area contributed by atoms with Crippen molar-refractivity contribution in [3.63, 3.8) is 0 Å². The van der Waals surface area contributed by atoms with Gasteiger partial charge in [-0.05, 0) is 37.3 Å². The van der Waals surface area contributed by atoms with Gasteiger partial charge in [-0.25, -0.2) is 13.2 Å². The molecule has 1 aromatic heterocycles. The van der Waals surface area contributed by atoms with Crippen LogP contribution in [0.3, 0.4) is 0 Å². The minimum absolute atomic E-state index is 0.0308. The number of aromatic nitrogens is 2. The molecule has 0 aliphatic rings. The number of nitrogens with zero attached hydrogens (tertiary/aromatic N) is 3. The van der Waals surface area contributed by atoms with Crippen LogP contribution in [0, 0.1) is 0 Å². The number of esters is 1. The number of hydrogen-bond donors (Lipinski definition) is 0. The number of rotatable bonds is 10. The van der Waals surface area contributed by atoms with Crippen molar-refractivity contribution >= 4 is 16.0 Å². The first-order valence-corrected chi connectivity index (χ1v) is 11.7. The van der Waals surface area contributed by atoms with Gasteiger partial charge in [0.05, 0.1) is 22.6 Å². The molecule has 0 amide bonds. The molecule has 1 heterocycles. The molecule has 0 spiro atoms. The van der Waals surface area contributed by atoms with E-state index in [1.807, 2.05) is 19.1 Å². The molecule has 0 N–H and O–H groups in total. The van der Waals surface area contributed by atoms with E-state index in [9.17, 15) is 13.2 Å². The van der Waals surface area contributed by atoms with Gasteiger partial charge in [-0.15, -0.1) is 0 Å². The second-order valence-electron chi connectivity index (χ2n) is 6.63. The quantitative estimate of drug-likeness (QED) is 0.423. The van der Waals surface area contributed by atoms with Gasteiger partial charge in [0.15, 0.2) is 6.61 Å². The summed E-state index contributed by atoms with van der Waals surface area (Å²) in [4.78, 5) is 16.8. The van der Waals surface area contributed by atoms with Crippen LogP contribution in [-0.2, 0) is 21.4 Å². The third-order valence-corrected chi connectivity index (χ3v) is 6.68. The average Bonchev–Trinajstić information content (AvgIpc) is 3.27. The minimum Gasteiger partial charge on any atom is -0.493 e. The van der Waals surface area contributed by atoms with Crippen molar-refractivity contribution in [1.82, 2.24) is 14.4 Å². The van der Waals surface area contributed by atoms with Gasteiger partial charge in [-0.1, -0.05) is 37.2 Å². The normalized spacial score (nSPS) is 11.5. The topological polar surface area (TPSA) is 112 Å². The summed E-state index contributed by atoms with van der Waals surface area (Å²) in [6.07, 6.45) is 0. The summed E-state index contributed by atoms with van der Waals surface area (Å²) in [6.45, 7) is 6.28. The predicted molar refractivity (Wildman–Crippen MR) is 117 cm³/mol. The lowest BCUT2D eigenvalue weighted by Crippen LogP contribution is -2.30. The summed E-state index contributed by atoms with van der Waals surface area (Å²) < 4.78 is 42.7. The molecule has 0 unspecified atom stereocenters. The van der Waals surface area contributed by atoms with E-state index in [1.165, 1.54) is 28.6 Å². The Hall–Kier alpha value is -3.24. The zero-order chi connectivity index (χ0) is 23.1. The molecule has 0 saturated carbocycles. The Morgan fingerprint density at radius 1 is 1.06 bits per heavy atom. The molecular weight excluding hydrogens is 434 g/mol. The Morgan fingerprint density at radius 2 is 1.81 bits per heavy atom. The number of carbonyl (C=O) groups excluding carboxylic acids is 1. The largest absolute Gasteiger partial charge is 0.493 e. The first-order chi connectivity index (χ1) is 15.4. The molecule has 0 aliphatic carbocycles. The number of carbonyl (C=O) groups is 1. The second-order valence-corrected chi connectivity index (χ2v) is 8.57. The van der Waals surface area contributed by atoms with E-state index >= 15 is 0 Å². The van der Waals surface area contributed by atoms with Crippen LogP contribution in [0.2, 0.25) is 0 Å². The van der Waals surface area contributed by atoms with Crippen LogP contribution in [0.25, 0.3) is 11.4 Å². The van der Waals surface area contributed by atoms with Crippen molar-refractivity contribution in [2.24, 2.45) is 0 Å². The van der Waals surface area contributed by atoms with Gasteiger partial charge in [0.25, 0.3) is 5.89 Å². The van der Waals surface area contributed by atoms with E-state index in [0.29, 0.717) is 36.8 Å². The van der Waals surface area contributed by atoms with E-state index in [2.05, 4.69) is 10.1 Å². The smallest absolute Gasteiger partial charge is 0.338 e. The van der Waals surface area contributed by atoms with Crippen molar-refractivity contribution < 1.29 is 27.2 Å². The van der Waals surface area contributed by atoms with Gasteiger partial charge in [0, 0.05) is 13.1 Å². The molecule has 0 bridgehead atoms. The summed E-state index contributed by atoms with van der Waals surface area (Å²) in [5.74, 6) is 0.334. The van der Waals surface area contributed by atoms with Gasteiger partial charge in [-0.3, -0.25) is 0 Å². The van der Waals surface area contributed by atoms with Crippen LogP contribution in [0.4, 0.5) is 0 Å². The van der Waals surface area contributed by atoms with E-state index in [1.54, 1.807) is 26.0 Å². The highest BCUT2D eigenvalue weighted by Crippen LogP contribution is 2.27. The zero-order valence-electron chi connectivity index (χ0n) is 18.1. The van der Waals surface area contributed by atoms with Crippen LogP contribution < -0.4 is 4.74 Å². The monoisotopic (exact) mass is 459 g/mol. The fourth-order valence-corrected chi connectivity index (χ4v) is 4.57.